The smallest absolute Gasteiger partial charge is 0.272 e. The Morgan fingerprint density at radius 2 is 2.05 bits per heavy atom. The summed E-state index contributed by atoms with van der Waals surface area (Å²) in [6.45, 7) is 2.43. The predicted octanol–water partition coefficient (Wildman–Crippen LogP) is 1.57. The molecule has 0 spiro atoms. The third kappa shape index (κ3) is 2.82. The van der Waals surface area contributed by atoms with Gasteiger partial charge >= 0.3 is 0 Å². The van der Waals surface area contributed by atoms with E-state index in [2.05, 4.69) is 5.10 Å². The second kappa shape index (κ2) is 6.19. The molecule has 0 unspecified atom stereocenters. The van der Waals surface area contributed by atoms with E-state index in [9.17, 15) is 4.79 Å². The van der Waals surface area contributed by atoms with Crippen molar-refractivity contribution in [1.82, 2.24) is 14.7 Å². The number of aromatic nitrogens is 2. The molecular formula is C16H19N3O3. The van der Waals surface area contributed by atoms with E-state index in [1.54, 1.807) is 23.7 Å². The van der Waals surface area contributed by atoms with Crippen molar-refractivity contribution in [2.75, 3.05) is 33.4 Å². The topological polar surface area (TPSA) is 56.6 Å². The highest BCUT2D eigenvalue weighted by atomic mass is 16.5. The molecule has 22 heavy (non-hydrogen) atoms. The first-order valence-corrected chi connectivity index (χ1v) is 7.24. The van der Waals surface area contributed by atoms with Gasteiger partial charge in [0, 0.05) is 25.7 Å². The molecule has 0 radical (unpaired) electrons. The highest BCUT2D eigenvalue weighted by Gasteiger charge is 2.22. The van der Waals surface area contributed by atoms with Crippen LogP contribution in [0.15, 0.2) is 30.3 Å². The Labute approximate surface area is 129 Å². The molecule has 3 rings (SSSR count). The van der Waals surface area contributed by atoms with Crippen LogP contribution in [0.25, 0.3) is 11.3 Å². The fourth-order valence-electron chi connectivity index (χ4n) is 2.52. The van der Waals surface area contributed by atoms with Crippen molar-refractivity contribution in [2.24, 2.45) is 7.05 Å². The van der Waals surface area contributed by atoms with Gasteiger partial charge in [-0.15, -0.1) is 0 Å². The number of carbonyl (C=O) groups excluding carboxylic acids is 1. The number of hydrogen-bond acceptors (Lipinski definition) is 4. The van der Waals surface area contributed by atoms with Crippen LogP contribution in [0.4, 0.5) is 0 Å². The normalized spacial score (nSPS) is 14.9. The van der Waals surface area contributed by atoms with Gasteiger partial charge in [0.05, 0.1) is 26.0 Å². The molecule has 1 amide bonds. The summed E-state index contributed by atoms with van der Waals surface area (Å²) >= 11 is 0. The molecule has 1 saturated heterocycles. The lowest BCUT2D eigenvalue weighted by molar-refractivity contribution is 0.0295. The molecule has 2 aromatic rings. The Balaban J connectivity index is 1.88. The van der Waals surface area contributed by atoms with Crippen molar-refractivity contribution in [3.05, 3.63) is 36.0 Å². The van der Waals surface area contributed by atoms with Gasteiger partial charge < -0.3 is 14.4 Å². The number of rotatable bonds is 3. The molecule has 2 heterocycles. The lowest BCUT2D eigenvalue weighted by Gasteiger charge is -2.26. The van der Waals surface area contributed by atoms with Crippen LogP contribution in [0.2, 0.25) is 0 Å². The zero-order chi connectivity index (χ0) is 15.5. The molecule has 116 valence electrons. The SMILES string of the molecule is COc1cccc(-c2cc(C(=O)N3CCOCC3)n(C)n2)c1. The Bertz CT molecular complexity index is 675. The van der Waals surface area contributed by atoms with E-state index in [-0.39, 0.29) is 5.91 Å². The maximum absolute atomic E-state index is 12.6. The summed E-state index contributed by atoms with van der Waals surface area (Å²) in [6.07, 6.45) is 0. The van der Waals surface area contributed by atoms with Gasteiger partial charge in [-0.1, -0.05) is 12.1 Å². The average molecular weight is 301 g/mol. The number of hydrogen-bond donors (Lipinski definition) is 0. The summed E-state index contributed by atoms with van der Waals surface area (Å²) in [5.41, 5.74) is 2.27. The number of methoxy groups -OCH3 is 1. The molecule has 0 bridgehead atoms. The van der Waals surface area contributed by atoms with Crippen molar-refractivity contribution in [2.45, 2.75) is 0 Å². The van der Waals surface area contributed by atoms with Crippen LogP contribution in [0.1, 0.15) is 10.5 Å². The first-order chi connectivity index (χ1) is 10.7. The molecular weight excluding hydrogens is 282 g/mol. The molecule has 0 atom stereocenters. The monoisotopic (exact) mass is 301 g/mol. The van der Waals surface area contributed by atoms with E-state index in [1.165, 1.54) is 0 Å². The van der Waals surface area contributed by atoms with Gasteiger partial charge in [-0.2, -0.15) is 5.10 Å². The Morgan fingerprint density at radius 1 is 1.27 bits per heavy atom. The summed E-state index contributed by atoms with van der Waals surface area (Å²) in [6, 6.07) is 9.48. The molecule has 0 aliphatic carbocycles. The molecule has 6 heteroatoms. The molecule has 0 N–H and O–H groups in total. The lowest BCUT2D eigenvalue weighted by Crippen LogP contribution is -2.41. The van der Waals surface area contributed by atoms with Crippen molar-refractivity contribution >= 4 is 5.91 Å². The number of morpholine rings is 1. The Kier molecular flexibility index (Phi) is 4.11. The lowest BCUT2D eigenvalue weighted by atomic mass is 10.1. The molecule has 1 aliphatic rings. The van der Waals surface area contributed by atoms with Crippen LogP contribution in [0, 0.1) is 0 Å². The number of ether oxygens (including phenoxy) is 2. The summed E-state index contributed by atoms with van der Waals surface area (Å²) in [7, 11) is 3.42. The van der Waals surface area contributed by atoms with E-state index >= 15 is 0 Å². The van der Waals surface area contributed by atoms with Gasteiger partial charge in [0.15, 0.2) is 0 Å². The van der Waals surface area contributed by atoms with Crippen molar-refractivity contribution in [3.63, 3.8) is 0 Å². The number of aryl methyl sites for hydroxylation is 1. The second-order valence-corrected chi connectivity index (χ2v) is 5.17. The van der Waals surface area contributed by atoms with Crippen molar-refractivity contribution < 1.29 is 14.3 Å². The Morgan fingerprint density at radius 3 is 2.77 bits per heavy atom. The van der Waals surface area contributed by atoms with E-state index in [0.717, 1.165) is 17.0 Å². The van der Waals surface area contributed by atoms with Gasteiger partial charge in [-0.05, 0) is 18.2 Å². The predicted molar refractivity (Wildman–Crippen MR) is 81.9 cm³/mol. The number of nitrogens with zero attached hydrogens (tertiary/aromatic N) is 3. The molecule has 1 aromatic carbocycles. The minimum atomic E-state index is -0.00699. The van der Waals surface area contributed by atoms with E-state index < -0.39 is 0 Å². The molecule has 0 saturated carbocycles. The van der Waals surface area contributed by atoms with Crippen molar-refractivity contribution in [3.8, 4) is 17.0 Å². The maximum Gasteiger partial charge on any atom is 0.272 e. The molecule has 6 nitrogen and oxygen atoms in total. The summed E-state index contributed by atoms with van der Waals surface area (Å²) in [5, 5.41) is 4.45. The van der Waals surface area contributed by atoms with Gasteiger partial charge in [0.25, 0.3) is 5.91 Å². The van der Waals surface area contributed by atoms with Crippen LogP contribution in [0.3, 0.4) is 0 Å². The quantitative estimate of drug-likeness (QED) is 0.863. The fourth-order valence-corrected chi connectivity index (χ4v) is 2.52. The first-order valence-electron chi connectivity index (χ1n) is 7.24. The van der Waals surface area contributed by atoms with Gasteiger partial charge in [-0.3, -0.25) is 9.48 Å². The standard InChI is InChI=1S/C16H19N3O3/c1-18-15(16(20)19-6-8-22-9-7-19)11-14(17-18)12-4-3-5-13(10-12)21-2/h3-5,10-11H,6-9H2,1-2H3. The van der Waals surface area contributed by atoms with Crippen molar-refractivity contribution in [1.29, 1.82) is 0 Å². The second-order valence-electron chi connectivity index (χ2n) is 5.17. The maximum atomic E-state index is 12.6. The van der Waals surface area contributed by atoms with Crippen LogP contribution in [0.5, 0.6) is 5.75 Å². The average Bonchev–Trinajstić information content (AvgIpc) is 2.97. The third-order valence-corrected chi connectivity index (χ3v) is 3.76. The highest BCUT2D eigenvalue weighted by Crippen LogP contribution is 2.23. The minimum absolute atomic E-state index is 0.00699. The van der Waals surface area contributed by atoms with Crippen LogP contribution in [-0.4, -0.2) is 54.0 Å². The van der Waals surface area contributed by atoms with Gasteiger partial charge in [0.2, 0.25) is 0 Å². The number of carbonyl (C=O) groups is 1. The zero-order valence-electron chi connectivity index (χ0n) is 12.8. The third-order valence-electron chi connectivity index (χ3n) is 3.76. The fraction of sp³-hybridized carbons (Fsp3) is 0.375. The van der Waals surface area contributed by atoms with E-state index in [0.29, 0.717) is 32.0 Å². The molecule has 1 aromatic heterocycles. The minimum Gasteiger partial charge on any atom is -0.497 e. The summed E-state index contributed by atoms with van der Waals surface area (Å²) in [4.78, 5) is 14.4. The van der Waals surface area contributed by atoms with E-state index in [4.69, 9.17) is 9.47 Å². The van der Waals surface area contributed by atoms with Crippen LogP contribution >= 0.6 is 0 Å². The van der Waals surface area contributed by atoms with Crippen LogP contribution < -0.4 is 4.74 Å². The van der Waals surface area contributed by atoms with E-state index in [1.807, 2.05) is 30.3 Å². The Hall–Kier alpha value is -2.34. The molecule has 1 aliphatic heterocycles. The number of benzene rings is 1. The highest BCUT2D eigenvalue weighted by molar-refractivity contribution is 5.93. The summed E-state index contributed by atoms with van der Waals surface area (Å²) in [5.74, 6) is 0.761. The number of amides is 1. The van der Waals surface area contributed by atoms with Gasteiger partial charge in [-0.25, -0.2) is 0 Å². The van der Waals surface area contributed by atoms with Gasteiger partial charge in [0.1, 0.15) is 11.4 Å². The molecule has 1 fully saturated rings. The summed E-state index contributed by atoms with van der Waals surface area (Å²) < 4.78 is 12.1. The largest absolute Gasteiger partial charge is 0.497 e. The van der Waals surface area contributed by atoms with Crippen LogP contribution in [-0.2, 0) is 11.8 Å². The first kappa shape index (κ1) is 14.6. The zero-order valence-corrected chi connectivity index (χ0v) is 12.8.